The molecule has 2 aromatic rings. The molecule has 3 N–H and O–H groups in total. The highest BCUT2D eigenvalue weighted by molar-refractivity contribution is 7.09. The molecule has 0 radical (unpaired) electrons. The standard InChI is InChI=1S/C11H13N3S/c1-8-4-5-10(12)11(14-8)13-7-9-3-2-6-15-9/h2-6H,7,12H2,1H3,(H,13,14). The molecule has 0 atom stereocenters. The van der Waals surface area contributed by atoms with E-state index in [1.54, 1.807) is 11.3 Å². The first kappa shape index (κ1) is 9.98. The second kappa shape index (κ2) is 4.31. The summed E-state index contributed by atoms with van der Waals surface area (Å²) in [6, 6.07) is 7.91. The summed E-state index contributed by atoms with van der Waals surface area (Å²) in [5.41, 5.74) is 7.47. The second-order valence-electron chi connectivity index (χ2n) is 3.32. The van der Waals surface area contributed by atoms with Crippen LogP contribution in [-0.2, 0) is 6.54 Å². The van der Waals surface area contributed by atoms with Gasteiger partial charge in [0.25, 0.3) is 0 Å². The zero-order valence-corrected chi connectivity index (χ0v) is 9.34. The van der Waals surface area contributed by atoms with Gasteiger partial charge in [-0.2, -0.15) is 0 Å². The van der Waals surface area contributed by atoms with Gasteiger partial charge in [0.15, 0.2) is 0 Å². The molecule has 2 heterocycles. The summed E-state index contributed by atoms with van der Waals surface area (Å²) in [5.74, 6) is 0.767. The van der Waals surface area contributed by atoms with E-state index in [-0.39, 0.29) is 0 Å². The average Bonchev–Trinajstić information content (AvgIpc) is 2.72. The van der Waals surface area contributed by atoms with Crippen LogP contribution in [0, 0.1) is 6.92 Å². The third-order valence-electron chi connectivity index (χ3n) is 2.08. The highest BCUT2D eigenvalue weighted by Gasteiger charge is 2.00. The first-order chi connectivity index (χ1) is 7.25. The number of nitrogen functional groups attached to an aromatic ring is 1. The molecule has 0 amide bonds. The maximum Gasteiger partial charge on any atom is 0.149 e. The lowest BCUT2D eigenvalue weighted by Gasteiger charge is -2.07. The van der Waals surface area contributed by atoms with E-state index in [0.29, 0.717) is 5.69 Å². The van der Waals surface area contributed by atoms with E-state index in [0.717, 1.165) is 18.1 Å². The van der Waals surface area contributed by atoms with Crippen molar-refractivity contribution in [1.29, 1.82) is 0 Å². The molecule has 15 heavy (non-hydrogen) atoms. The summed E-state index contributed by atoms with van der Waals surface area (Å²) in [7, 11) is 0. The van der Waals surface area contributed by atoms with E-state index in [4.69, 9.17) is 5.73 Å². The summed E-state index contributed by atoms with van der Waals surface area (Å²) in [5, 5.41) is 5.29. The Balaban J connectivity index is 2.07. The molecule has 0 aliphatic heterocycles. The minimum atomic E-state index is 0.692. The van der Waals surface area contributed by atoms with Crippen molar-refractivity contribution >= 4 is 22.8 Å². The minimum absolute atomic E-state index is 0.692. The lowest BCUT2D eigenvalue weighted by molar-refractivity contribution is 1.11. The monoisotopic (exact) mass is 219 g/mol. The van der Waals surface area contributed by atoms with Crippen molar-refractivity contribution in [2.75, 3.05) is 11.1 Å². The van der Waals surface area contributed by atoms with E-state index >= 15 is 0 Å². The van der Waals surface area contributed by atoms with E-state index in [9.17, 15) is 0 Å². The molecule has 0 saturated carbocycles. The van der Waals surface area contributed by atoms with Crippen molar-refractivity contribution in [3.8, 4) is 0 Å². The molecule has 0 spiro atoms. The van der Waals surface area contributed by atoms with Crippen LogP contribution >= 0.6 is 11.3 Å². The Bertz CT molecular complexity index is 437. The van der Waals surface area contributed by atoms with Crippen molar-refractivity contribution < 1.29 is 0 Å². The van der Waals surface area contributed by atoms with Crippen molar-refractivity contribution in [3.63, 3.8) is 0 Å². The SMILES string of the molecule is Cc1ccc(N)c(NCc2cccs2)n1. The Morgan fingerprint density at radius 3 is 3.00 bits per heavy atom. The minimum Gasteiger partial charge on any atom is -0.396 e. The van der Waals surface area contributed by atoms with E-state index in [1.165, 1.54) is 4.88 Å². The third-order valence-corrected chi connectivity index (χ3v) is 2.95. The smallest absolute Gasteiger partial charge is 0.149 e. The molecule has 0 bridgehead atoms. The molecule has 2 rings (SSSR count). The molecule has 4 heteroatoms. The summed E-state index contributed by atoms with van der Waals surface area (Å²) < 4.78 is 0. The summed E-state index contributed by atoms with van der Waals surface area (Å²) in [6.45, 7) is 2.73. The third kappa shape index (κ3) is 2.47. The number of pyridine rings is 1. The Morgan fingerprint density at radius 1 is 1.40 bits per heavy atom. The topological polar surface area (TPSA) is 50.9 Å². The molecular weight excluding hydrogens is 206 g/mol. The average molecular weight is 219 g/mol. The highest BCUT2D eigenvalue weighted by atomic mass is 32.1. The largest absolute Gasteiger partial charge is 0.396 e. The van der Waals surface area contributed by atoms with Crippen LogP contribution in [-0.4, -0.2) is 4.98 Å². The molecule has 3 nitrogen and oxygen atoms in total. The Morgan fingerprint density at radius 2 is 2.27 bits per heavy atom. The van der Waals surface area contributed by atoms with Crippen LogP contribution in [0.25, 0.3) is 0 Å². The number of nitrogens with two attached hydrogens (primary N) is 1. The molecule has 0 aliphatic rings. The molecule has 0 aromatic carbocycles. The number of nitrogens with one attached hydrogen (secondary N) is 1. The number of nitrogens with zero attached hydrogens (tertiary/aromatic N) is 1. The second-order valence-corrected chi connectivity index (χ2v) is 4.36. The van der Waals surface area contributed by atoms with Gasteiger partial charge in [0.05, 0.1) is 12.2 Å². The van der Waals surface area contributed by atoms with Crippen LogP contribution in [0.15, 0.2) is 29.6 Å². The quantitative estimate of drug-likeness (QED) is 0.834. The summed E-state index contributed by atoms with van der Waals surface area (Å²) >= 11 is 1.72. The number of aromatic nitrogens is 1. The van der Waals surface area contributed by atoms with Crippen LogP contribution in [0.2, 0.25) is 0 Å². The van der Waals surface area contributed by atoms with Gasteiger partial charge in [-0.15, -0.1) is 11.3 Å². The van der Waals surface area contributed by atoms with Gasteiger partial charge in [0.2, 0.25) is 0 Å². The van der Waals surface area contributed by atoms with Crippen LogP contribution in [0.4, 0.5) is 11.5 Å². The summed E-state index contributed by atoms with van der Waals surface area (Å²) in [4.78, 5) is 5.62. The van der Waals surface area contributed by atoms with E-state index in [1.807, 2.05) is 25.1 Å². The maximum atomic E-state index is 5.81. The number of hydrogen-bond acceptors (Lipinski definition) is 4. The van der Waals surface area contributed by atoms with Crippen molar-refractivity contribution in [2.24, 2.45) is 0 Å². The Kier molecular flexibility index (Phi) is 2.87. The van der Waals surface area contributed by atoms with Crippen LogP contribution in [0.5, 0.6) is 0 Å². The lowest BCUT2D eigenvalue weighted by Crippen LogP contribution is -2.04. The Hall–Kier alpha value is -1.55. The van der Waals surface area contributed by atoms with Gasteiger partial charge in [0.1, 0.15) is 5.82 Å². The van der Waals surface area contributed by atoms with Crippen LogP contribution in [0.1, 0.15) is 10.6 Å². The van der Waals surface area contributed by atoms with Gasteiger partial charge in [-0.3, -0.25) is 0 Å². The molecule has 0 saturated heterocycles. The highest BCUT2D eigenvalue weighted by Crippen LogP contribution is 2.17. The molecule has 0 unspecified atom stereocenters. The fourth-order valence-corrected chi connectivity index (χ4v) is 1.94. The lowest BCUT2D eigenvalue weighted by atomic mass is 10.3. The predicted molar refractivity (Wildman–Crippen MR) is 65.0 cm³/mol. The predicted octanol–water partition coefficient (Wildman–Crippen LogP) is 2.65. The van der Waals surface area contributed by atoms with Gasteiger partial charge in [-0.05, 0) is 30.5 Å². The van der Waals surface area contributed by atoms with Gasteiger partial charge >= 0.3 is 0 Å². The van der Waals surface area contributed by atoms with Gasteiger partial charge in [0, 0.05) is 10.6 Å². The van der Waals surface area contributed by atoms with Crippen molar-refractivity contribution in [3.05, 3.63) is 40.2 Å². The fraction of sp³-hybridized carbons (Fsp3) is 0.182. The molecule has 2 aromatic heterocycles. The normalized spacial score (nSPS) is 10.2. The van der Waals surface area contributed by atoms with Crippen molar-refractivity contribution in [1.82, 2.24) is 4.98 Å². The maximum absolute atomic E-state index is 5.81. The Labute approximate surface area is 93.0 Å². The molecule has 78 valence electrons. The van der Waals surface area contributed by atoms with Crippen LogP contribution in [0.3, 0.4) is 0 Å². The first-order valence-electron chi connectivity index (χ1n) is 4.75. The number of thiophene rings is 1. The fourth-order valence-electron chi connectivity index (χ4n) is 1.29. The van der Waals surface area contributed by atoms with Gasteiger partial charge in [-0.1, -0.05) is 6.07 Å². The molecule has 0 fully saturated rings. The first-order valence-corrected chi connectivity index (χ1v) is 5.63. The number of hydrogen-bond donors (Lipinski definition) is 2. The van der Waals surface area contributed by atoms with Gasteiger partial charge < -0.3 is 11.1 Å². The van der Waals surface area contributed by atoms with Crippen molar-refractivity contribution in [2.45, 2.75) is 13.5 Å². The molecule has 0 aliphatic carbocycles. The zero-order chi connectivity index (χ0) is 10.7. The zero-order valence-electron chi connectivity index (χ0n) is 8.53. The number of anilines is 2. The number of aryl methyl sites for hydroxylation is 1. The van der Waals surface area contributed by atoms with E-state index < -0.39 is 0 Å². The van der Waals surface area contributed by atoms with Gasteiger partial charge in [-0.25, -0.2) is 4.98 Å². The van der Waals surface area contributed by atoms with Crippen LogP contribution < -0.4 is 11.1 Å². The molecular formula is C11H13N3S. The number of rotatable bonds is 3. The van der Waals surface area contributed by atoms with E-state index in [2.05, 4.69) is 21.7 Å². The summed E-state index contributed by atoms with van der Waals surface area (Å²) in [6.07, 6.45) is 0.